The van der Waals surface area contributed by atoms with Crippen molar-refractivity contribution < 1.29 is 9.53 Å². The third-order valence-corrected chi connectivity index (χ3v) is 5.80. The molecule has 154 valence electrons. The van der Waals surface area contributed by atoms with Gasteiger partial charge in [0.15, 0.2) is 0 Å². The van der Waals surface area contributed by atoms with Crippen molar-refractivity contribution in [3.8, 4) is 0 Å². The molecule has 4 rings (SSSR count). The average Bonchev–Trinajstić information content (AvgIpc) is 2.80. The normalized spacial score (nSPS) is 19.7. The zero-order chi connectivity index (χ0) is 19.9. The van der Waals surface area contributed by atoms with Crippen LogP contribution < -0.4 is 10.2 Å². The van der Waals surface area contributed by atoms with E-state index < -0.39 is 0 Å². The van der Waals surface area contributed by atoms with Gasteiger partial charge in [0.2, 0.25) is 5.91 Å². The molecule has 0 aliphatic carbocycles. The quantitative estimate of drug-likeness (QED) is 0.805. The molecule has 1 N–H and O–H groups in total. The van der Waals surface area contributed by atoms with E-state index in [0.717, 1.165) is 70.2 Å². The van der Waals surface area contributed by atoms with E-state index in [-0.39, 0.29) is 17.9 Å². The highest BCUT2D eigenvalue weighted by molar-refractivity contribution is 5.79. The van der Waals surface area contributed by atoms with E-state index >= 15 is 0 Å². The maximum atomic E-state index is 13.1. The Bertz CT molecular complexity index is 759. The minimum atomic E-state index is -0.000167. The first-order valence-corrected chi connectivity index (χ1v) is 10.5. The Morgan fingerprint density at radius 1 is 1.10 bits per heavy atom. The Balaban J connectivity index is 1.36. The zero-order valence-corrected chi connectivity index (χ0v) is 16.7. The Labute approximate surface area is 172 Å². The van der Waals surface area contributed by atoms with Crippen molar-refractivity contribution in [1.82, 2.24) is 20.2 Å². The van der Waals surface area contributed by atoms with Crippen LogP contribution in [0.5, 0.6) is 0 Å². The topological polar surface area (TPSA) is 70.6 Å². The van der Waals surface area contributed by atoms with Gasteiger partial charge in [0.05, 0.1) is 25.5 Å². The number of nitrogens with zero attached hydrogens (tertiary/aromatic N) is 4. The second-order valence-corrected chi connectivity index (χ2v) is 7.71. The van der Waals surface area contributed by atoms with Crippen LogP contribution in [0.25, 0.3) is 0 Å². The van der Waals surface area contributed by atoms with Gasteiger partial charge in [-0.2, -0.15) is 0 Å². The van der Waals surface area contributed by atoms with Crippen molar-refractivity contribution in [3.63, 3.8) is 0 Å². The first-order chi connectivity index (χ1) is 14.3. The van der Waals surface area contributed by atoms with Crippen LogP contribution in [0.4, 0.5) is 5.82 Å². The predicted octanol–water partition coefficient (Wildman–Crippen LogP) is 1.88. The minimum Gasteiger partial charge on any atom is -0.379 e. The molecule has 7 nitrogen and oxygen atoms in total. The maximum Gasteiger partial charge on any atom is 0.223 e. The van der Waals surface area contributed by atoms with E-state index in [1.807, 2.05) is 18.2 Å². The molecule has 2 aliphatic rings. The summed E-state index contributed by atoms with van der Waals surface area (Å²) in [6.45, 7) is 5.82. The molecule has 0 bridgehead atoms. The lowest BCUT2D eigenvalue weighted by atomic mass is 9.95. The van der Waals surface area contributed by atoms with Gasteiger partial charge < -0.3 is 15.0 Å². The second-order valence-electron chi connectivity index (χ2n) is 7.71. The van der Waals surface area contributed by atoms with Gasteiger partial charge in [0, 0.05) is 51.0 Å². The van der Waals surface area contributed by atoms with Gasteiger partial charge in [-0.25, -0.2) is 4.98 Å². The Kier molecular flexibility index (Phi) is 6.69. The van der Waals surface area contributed by atoms with Crippen LogP contribution in [-0.4, -0.2) is 66.7 Å². The van der Waals surface area contributed by atoms with Gasteiger partial charge in [-0.3, -0.25) is 14.7 Å². The standard InChI is InChI=1S/C22H29N5O2/c28-22(19-6-10-27(11-7-19)21-16-23-8-9-24-21)25-20(18-4-2-1-3-5-18)17-26-12-14-29-15-13-26/h1-5,8-9,16,19-20H,6-7,10-15,17H2,(H,25,28). The summed E-state index contributed by atoms with van der Waals surface area (Å²) in [4.78, 5) is 26.2. The average molecular weight is 396 g/mol. The lowest BCUT2D eigenvalue weighted by molar-refractivity contribution is -0.126. The van der Waals surface area contributed by atoms with Crippen LogP contribution in [0, 0.1) is 5.92 Å². The molecule has 2 aromatic rings. The number of benzene rings is 1. The molecule has 0 spiro atoms. The minimum absolute atomic E-state index is 0.000167. The summed E-state index contributed by atoms with van der Waals surface area (Å²) in [6.07, 6.45) is 6.85. The van der Waals surface area contributed by atoms with Crippen LogP contribution >= 0.6 is 0 Å². The highest BCUT2D eigenvalue weighted by atomic mass is 16.5. The molecule has 7 heteroatoms. The van der Waals surface area contributed by atoms with Crippen molar-refractivity contribution in [2.24, 2.45) is 5.92 Å². The SMILES string of the molecule is O=C(NC(CN1CCOCC1)c1ccccc1)C1CCN(c2cnccn2)CC1. The smallest absolute Gasteiger partial charge is 0.223 e. The summed E-state index contributed by atoms with van der Waals surface area (Å²) in [5.41, 5.74) is 1.16. The first kappa shape index (κ1) is 19.8. The molecule has 2 fully saturated rings. The van der Waals surface area contributed by atoms with Crippen LogP contribution in [-0.2, 0) is 9.53 Å². The van der Waals surface area contributed by atoms with Crippen LogP contribution in [0.15, 0.2) is 48.9 Å². The van der Waals surface area contributed by atoms with Gasteiger partial charge in [0.1, 0.15) is 5.82 Å². The number of carbonyl (C=O) groups is 1. The number of nitrogens with one attached hydrogen (secondary N) is 1. The molecule has 1 atom stereocenters. The van der Waals surface area contributed by atoms with Gasteiger partial charge in [0.25, 0.3) is 0 Å². The number of rotatable bonds is 6. The number of piperidine rings is 1. The maximum absolute atomic E-state index is 13.1. The second kappa shape index (κ2) is 9.80. The fourth-order valence-corrected chi connectivity index (χ4v) is 4.08. The molecular weight excluding hydrogens is 366 g/mol. The molecule has 2 aliphatic heterocycles. The zero-order valence-electron chi connectivity index (χ0n) is 16.7. The molecule has 2 saturated heterocycles. The van der Waals surface area contributed by atoms with Crippen molar-refractivity contribution in [3.05, 3.63) is 54.5 Å². The van der Waals surface area contributed by atoms with Gasteiger partial charge in [-0.05, 0) is 18.4 Å². The molecular formula is C22H29N5O2. The number of amides is 1. The van der Waals surface area contributed by atoms with Gasteiger partial charge in [-0.1, -0.05) is 30.3 Å². The highest BCUT2D eigenvalue weighted by Gasteiger charge is 2.28. The first-order valence-electron chi connectivity index (χ1n) is 10.5. The molecule has 1 aromatic heterocycles. The summed E-state index contributed by atoms with van der Waals surface area (Å²) in [6, 6.07) is 10.3. The summed E-state index contributed by atoms with van der Waals surface area (Å²) in [5, 5.41) is 3.34. The van der Waals surface area contributed by atoms with Crippen molar-refractivity contribution in [2.45, 2.75) is 18.9 Å². The number of hydrogen-bond donors (Lipinski definition) is 1. The van der Waals surface area contributed by atoms with E-state index in [9.17, 15) is 4.79 Å². The number of morpholine rings is 1. The summed E-state index contributed by atoms with van der Waals surface area (Å²) in [5.74, 6) is 1.09. The molecule has 29 heavy (non-hydrogen) atoms. The number of ether oxygens (including phenoxy) is 1. The molecule has 1 amide bonds. The third kappa shape index (κ3) is 5.31. The van der Waals surface area contributed by atoms with Crippen LogP contribution in [0.1, 0.15) is 24.4 Å². The van der Waals surface area contributed by atoms with E-state index in [0.29, 0.717) is 0 Å². The third-order valence-electron chi connectivity index (χ3n) is 5.80. The molecule has 1 unspecified atom stereocenters. The highest BCUT2D eigenvalue weighted by Crippen LogP contribution is 2.23. The van der Waals surface area contributed by atoms with Gasteiger partial charge >= 0.3 is 0 Å². The van der Waals surface area contributed by atoms with Crippen molar-refractivity contribution >= 4 is 11.7 Å². The van der Waals surface area contributed by atoms with E-state index in [4.69, 9.17) is 4.74 Å². The molecule has 0 radical (unpaired) electrons. The number of anilines is 1. The van der Waals surface area contributed by atoms with Crippen LogP contribution in [0.2, 0.25) is 0 Å². The molecule has 0 saturated carbocycles. The Morgan fingerprint density at radius 3 is 2.55 bits per heavy atom. The Morgan fingerprint density at radius 2 is 1.86 bits per heavy atom. The lowest BCUT2D eigenvalue weighted by Gasteiger charge is -2.34. The predicted molar refractivity (Wildman–Crippen MR) is 112 cm³/mol. The molecule has 3 heterocycles. The summed E-state index contributed by atoms with van der Waals surface area (Å²) >= 11 is 0. The summed E-state index contributed by atoms with van der Waals surface area (Å²) < 4.78 is 5.47. The number of carbonyl (C=O) groups excluding carboxylic acids is 1. The van der Waals surface area contributed by atoms with E-state index in [1.54, 1.807) is 18.6 Å². The Hall–Kier alpha value is -2.51. The van der Waals surface area contributed by atoms with Crippen molar-refractivity contribution in [2.75, 3.05) is 50.8 Å². The van der Waals surface area contributed by atoms with E-state index in [2.05, 4.69) is 37.2 Å². The van der Waals surface area contributed by atoms with Crippen LogP contribution in [0.3, 0.4) is 0 Å². The largest absolute Gasteiger partial charge is 0.379 e. The summed E-state index contributed by atoms with van der Waals surface area (Å²) in [7, 11) is 0. The van der Waals surface area contributed by atoms with E-state index in [1.165, 1.54) is 0 Å². The fourth-order valence-electron chi connectivity index (χ4n) is 4.08. The van der Waals surface area contributed by atoms with Crippen molar-refractivity contribution in [1.29, 1.82) is 0 Å². The molecule has 1 aromatic carbocycles. The fraction of sp³-hybridized carbons (Fsp3) is 0.500. The number of aromatic nitrogens is 2. The van der Waals surface area contributed by atoms with Gasteiger partial charge in [-0.15, -0.1) is 0 Å². The monoisotopic (exact) mass is 395 g/mol. The lowest BCUT2D eigenvalue weighted by Crippen LogP contribution is -2.46. The number of hydrogen-bond acceptors (Lipinski definition) is 6.